The molecule has 0 radical (unpaired) electrons. The van der Waals surface area contributed by atoms with Gasteiger partial charge in [-0.15, -0.1) is 0 Å². The number of para-hydroxylation sites is 1. The van der Waals surface area contributed by atoms with Gasteiger partial charge in [0.05, 0.1) is 13.0 Å². The average Bonchev–Trinajstić information content (AvgIpc) is 2.94. The first-order valence-electron chi connectivity index (χ1n) is 6.38. The van der Waals surface area contributed by atoms with Crippen LogP contribution in [0.4, 0.5) is 4.39 Å². The molecule has 106 valence electrons. The molecule has 0 spiro atoms. The molecule has 0 aliphatic carbocycles. The van der Waals surface area contributed by atoms with Gasteiger partial charge in [0.1, 0.15) is 5.82 Å². The standard InChI is InChI=1S/C14H16FN3O2/c15-11-3-1-2-4-12(11)20-10-6-14(19)18-7-5-13-16-8-9-17-13/h1-4,8-9H,5-7,10H2,(H,16,17)(H,18,19). The number of amides is 1. The second-order valence-electron chi connectivity index (χ2n) is 4.16. The molecule has 0 atom stereocenters. The number of benzene rings is 1. The lowest BCUT2D eigenvalue weighted by Gasteiger charge is -2.07. The van der Waals surface area contributed by atoms with Crippen molar-refractivity contribution in [1.82, 2.24) is 15.3 Å². The number of nitrogens with zero attached hydrogens (tertiary/aromatic N) is 1. The largest absolute Gasteiger partial charge is 0.490 e. The second kappa shape index (κ2) is 7.28. The van der Waals surface area contributed by atoms with Crippen LogP contribution in [-0.2, 0) is 11.2 Å². The molecule has 2 rings (SSSR count). The molecule has 0 aliphatic rings. The Kier molecular flexibility index (Phi) is 5.11. The van der Waals surface area contributed by atoms with E-state index in [-0.39, 0.29) is 24.7 Å². The van der Waals surface area contributed by atoms with E-state index >= 15 is 0 Å². The van der Waals surface area contributed by atoms with Crippen LogP contribution in [-0.4, -0.2) is 29.0 Å². The Morgan fingerprint density at radius 1 is 1.40 bits per heavy atom. The molecule has 0 fully saturated rings. The van der Waals surface area contributed by atoms with Crippen LogP contribution in [0, 0.1) is 5.82 Å². The molecule has 2 aromatic rings. The zero-order chi connectivity index (χ0) is 14.2. The number of ether oxygens (including phenoxy) is 1. The van der Waals surface area contributed by atoms with Gasteiger partial charge in [0.15, 0.2) is 11.6 Å². The van der Waals surface area contributed by atoms with Crippen LogP contribution < -0.4 is 10.1 Å². The minimum absolute atomic E-state index is 0.132. The number of hydrogen-bond donors (Lipinski definition) is 2. The summed E-state index contributed by atoms with van der Waals surface area (Å²) in [4.78, 5) is 18.5. The van der Waals surface area contributed by atoms with Crippen molar-refractivity contribution in [1.29, 1.82) is 0 Å². The Bertz CT molecular complexity index is 543. The van der Waals surface area contributed by atoms with E-state index in [1.807, 2.05) is 0 Å². The summed E-state index contributed by atoms with van der Waals surface area (Å²) in [6, 6.07) is 6.12. The number of halogens is 1. The minimum atomic E-state index is -0.425. The molecular weight excluding hydrogens is 261 g/mol. The predicted octanol–water partition coefficient (Wildman–Crippen LogP) is 1.68. The van der Waals surface area contributed by atoms with E-state index in [1.54, 1.807) is 24.5 Å². The number of aromatic amines is 1. The Hall–Kier alpha value is -2.37. The Morgan fingerprint density at radius 3 is 3.00 bits per heavy atom. The van der Waals surface area contributed by atoms with Crippen LogP contribution in [0.1, 0.15) is 12.2 Å². The van der Waals surface area contributed by atoms with E-state index in [9.17, 15) is 9.18 Å². The number of carbonyl (C=O) groups excluding carboxylic acids is 1. The molecule has 20 heavy (non-hydrogen) atoms. The molecule has 0 aliphatic heterocycles. The Labute approximate surface area is 116 Å². The van der Waals surface area contributed by atoms with E-state index in [2.05, 4.69) is 15.3 Å². The van der Waals surface area contributed by atoms with Gasteiger partial charge in [-0.05, 0) is 12.1 Å². The van der Waals surface area contributed by atoms with E-state index in [4.69, 9.17) is 4.74 Å². The highest BCUT2D eigenvalue weighted by molar-refractivity contribution is 5.75. The van der Waals surface area contributed by atoms with Crippen molar-refractivity contribution < 1.29 is 13.9 Å². The van der Waals surface area contributed by atoms with Gasteiger partial charge in [-0.1, -0.05) is 12.1 Å². The lowest BCUT2D eigenvalue weighted by atomic mass is 10.3. The third kappa shape index (κ3) is 4.38. The molecule has 6 heteroatoms. The van der Waals surface area contributed by atoms with Crippen LogP contribution in [0.3, 0.4) is 0 Å². The van der Waals surface area contributed by atoms with Gasteiger partial charge in [-0.3, -0.25) is 4.79 Å². The zero-order valence-corrected chi connectivity index (χ0v) is 10.9. The average molecular weight is 277 g/mol. The van der Waals surface area contributed by atoms with E-state index in [0.717, 1.165) is 5.82 Å². The molecule has 0 unspecified atom stereocenters. The first kappa shape index (κ1) is 14.0. The van der Waals surface area contributed by atoms with Crippen LogP contribution in [0.2, 0.25) is 0 Å². The molecule has 2 N–H and O–H groups in total. The van der Waals surface area contributed by atoms with Crippen molar-refractivity contribution in [2.24, 2.45) is 0 Å². The number of rotatable bonds is 7. The maximum absolute atomic E-state index is 13.2. The van der Waals surface area contributed by atoms with Gasteiger partial charge in [0.25, 0.3) is 0 Å². The van der Waals surface area contributed by atoms with Crippen molar-refractivity contribution in [2.75, 3.05) is 13.2 Å². The summed E-state index contributed by atoms with van der Waals surface area (Å²) in [7, 11) is 0. The van der Waals surface area contributed by atoms with Crippen molar-refractivity contribution in [2.45, 2.75) is 12.8 Å². The first-order valence-corrected chi connectivity index (χ1v) is 6.38. The molecule has 0 saturated carbocycles. The lowest BCUT2D eigenvalue weighted by Crippen LogP contribution is -2.27. The summed E-state index contributed by atoms with van der Waals surface area (Å²) in [5.74, 6) is 0.433. The highest BCUT2D eigenvalue weighted by atomic mass is 19.1. The highest BCUT2D eigenvalue weighted by Gasteiger charge is 2.04. The van der Waals surface area contributed by atoms with E-state index in [1.165, 1.54) is 12.1 Å². The van der Waals surface area contributed by atoms with Gasteiger partial charge in [-0.25, -0.2) is 9.37 Å². The quantitative estimate of drug-likeness (QED) is 0.809. The van der Waals surface area contributed by atoms with Gasteiger partial charge < -0.3 is 15.0 Å². The van der Waals surface area contributed by atoms with E-state index < -0.39 is 5.82 Å². The molecule has 1 amide bonds. The molecule has 1 aromatic heterocycles. The Balaban J connectivity index is 1.62. The smallest absolute Gasteiger partial charge is 0.223 e. The summed E-state index contributed by atoms with van der Waals surface area (Å²) in [5.41, 5.74) is 0. The summed E-state index contributed by atoms with van der Waals surface area (Å²) in [5, 5.41) is 2.75. The molecule has 0 saturated heterocycles. The van der Waals surface area contributed by atoms with Gasteiger partial charge in [-0.2, -0.15) is 0 Å². The molecule has 0 bridgehead atoms. The number of H-pyrrole nitrogens is 1. The summed E-state index contributed by atoms with van der Waals surface area (Å²) >= 11 is 0. The lowest BCUT2D eigenvalue weighted by molar-refractivity contribution is -0.121. The maximum Gasteiger partial charge on any atom is 0.223 e. The number of nitrogens with one attached hydrogen (secondary N) is 2. The molecule has 5 nitrogen and oxygen atoms in total. The summed E-state index contributed by atoms with van der Waals surface area (Å²) < 4.78 is 18.4. The van der Waals surface area contributed by atoms with Crippen LogP contribution >= 0.6 is 0 Å². The fourth-order valence-electron chi connectivity index (χ4n) is 1.66. The van der Waals surface area contributed by atoms with Gasteiger partial charge in [0.2, 0.25) is 5.91 Å². The van der Waals surface area contributed by atoms with Crippen molar-refractivity contribution in [3.05, 3.63) is 48.3 Å². The maximum atomic E-state index is 13.2. The van der Waals surface area contributed by atoms with Crippen molar-refractivity contribution >= 4 is 5.91 Å². The SMILES string of the molecule is O=C(CCOc1ccccc1F)NCCc1ncc[nH]1. The number of carbonyl (C=O) groups is 1. The summed E-state index contributed by atoms with van der Waals surface area (Å²) in [6.45, 7) is 0.652. The monoisotopic (exact) mass is 277 g/mol. The number of aromatic nitrogens is 2. The van der Waals surface area contributed by atoms with Gasteiger partial charge >= 0.3 is 0 Å². The van der Waals surface area contributed by atoms with Crippen molar-refractivity contribution in [3.8, 4) is 5.75 Å². The van der Waals surface area contributed by atoms with E-state index in [0.29, 0.717) is 13.0 Å². The predicted molar refractivity (Wildman–Crippen MR) is 71.8 cm³/mol. The fourth-order valence-corrected chi connectivity index (χ4v) is 1.66. The van der Waals surface area contributed by atoms with Crippen LogP contribution in [0.5, 0.6) is 5.75 Å². The highest BCUT2D eigenvalue weighted by Crippen LogP contribution is 2.15. The third-order valence-corrected chi connectivity index (χ3v) is 2.66. The third-order valence-electron chi connectivity index (χ3n) is 2.66. The minimum Gasteiger partial charge on any atom is -0.490 e. The molecule has 1 aromatic carbocycles. The Morgan fingerprint density at radius 2 is 2.25 bits per heavy atom. The first-order chi connectivity index (χ1) is 9.75. The van der Waals surface area contributed by atoms with Crippen molar-refractivity contribution in [3.63, 3.8) is 0 Å². The molecular formula is C14H16FN3O2. The van der Waals surface area contributed by atoms with Gasteiger partial charge in [0, 0.05) is 25.4 Å². The number of imidazole rings is 1. The topological polar surface area (TPSA) is 67.0 Å². The van der Waals surface area contributed by atoms with Crippen LogP contribution in [0.15, 0.2) is 36.7 Å². The molecule has 1 heterocycles. The van der Waals surface area contributed by atoms with Crippen LogP contribution in [0.25, 0.3) is 0 Å². The zero-order valence-electron chi connectivity index (χ0n) is 10.9. The normalized spacial score (nSPS) is 10.2. The second-order valence-corrected chi connectivity index (χ2v) is 4.16. The number of hydrogen-bond acceptors (Lipinski definition) is 3. The fraction of sp³-hybridized carbons (Fsp3) is 0.286. The summed E-state index contributed by atoms with van der Waals surface area (Å²) in [6.07, 6.45) is 4.23.